The van der Waals surface area contributed by atoms with Crippen LogP contribution in [0.3, 0.4) is 0 Å². The monoisotopic (exact) mass is 313 g/mol. The van der Waals surface area contributed by atoms with Crippen molar-refractivity contribution in [2.24, 2.45) is 0 Å². The van der Waals surface area contributed by atoms with E-state index in [1.165, 1.54) is 14.0 Å². The van der Waals surface area contributed by atoms with Gasteiger partial charge in [-0.15, -0.1) is 0 Å². The zero-order valence-corrected chi connectivity index (χ0v) is 13.2. The number of amides is 1. The summed E-state index contributed by atoms with van der Waals surface area (Å²) >= 11 is 6.07. The summed E-state index contributed by atoms with van der Waals surface area (Å²) in [4.78, 5) is 23.3. The Morgan fingerprint density at radius 3 is 2.57 bits per heavy atom. The lowest BCUT2D eigenvalue weighted by atomic mass is 9.96. The van der Waals surface area contributed by atoms with E-state index in [-0.39, 0.29) is 12.3 Å². The van der Waals surface area contributed by atoms with Crippen LogP contribution in [-0.4, -0.2) is 29.6 Å². The van der Waals surface area contributed by atoms with Crippen molar-refractivity contribution in [2.45, 2.75) is 38.6 Å². The summed E-state index contributed by atoms with van der Waals surface area (Å²) in [5.74, 6) is -0.815. The van der Waals surface area contributed by atoms with E-state index in [4.69, 9.17) is 16.3 Å². The van der Waals surface area contributed by atoms with E-state index >= 15 is 0 Å². The summed E-state index contributed by atoms with van der Waals surface area (Å²) in [5, 5.41) is 12.2. The van der Waals surface area contributed by atoms with E-state index in [1.807, 2.05) is 6.92 Å². The number of benzene rings is 1. The van der Waals surface area contributed by atoms with Gasteiger partial charge < -0.3 is 15.2 Å². The number of rotatable bonds is 7. The Morgan fingerprint density at radius 1 is 1.43 bits per heavy atom. The molecule has 0 aliphatic rings. The predicted molar refractivity (Wildman–Crippen MR) is 80.8 cm³/mol. The molecule has 1 unspecified atom stereocenters. The van der Waals surface area contributed by atoms with Gasteiger partial charge in [0, 0.05) is 5.02 Å². The van der Waals surface area contributed by atoms with Crippen LogP contribution in [0.4, 0.5) is 0 Å². The van der Waals surface area contributed by atoms with E-state index in [0.29, 0.717) is 29.2 Å². The molecule has 21 heavy (non-hydrogen) atoms. The van der Waals surface area contributed by atoms with Crippen LogP contribution in [-0.2, 0) is 16.0 Å². The molecule has 0 aliphatic carbocycles. The van der Waals surface area contributed by atoms with Crippen LogP contribution in [0.15, 0.2) is 18.2 Å². The Morgan fingerprint density at radius 2 is 2.10 bits per heavy atom. The van der Waals surface area contributed by atoms with Gasteiger partial charge in [-0.25, -0.2) is 4.79 Å². The molecule has 0 bridgehead atoms. The summed E-state index contributed by atoms with van der Waals surface area (Å²) in [6.45, 7) is 3.38. The molecule has 0 aliphatic heterocycles. The minimum absolute atomic E-state index is 0.0232. The minimum Gasteiger partial charge on any atom is -0.497 e. The van der Waals surface area contributed by atoms with Crippen molar-refractivity contribution in [3.63, 3.8) is 0 Å². The zero-order valence-electron chi connectivity index (χ0n) is 12.4. The zero-order chi connectivity index (χ0) is 16.0. The normalized spacial score (nSPS) is 13.3. The highest BCUT2D eigenvalue weighted by Gasteiger charge is 2.33. The topological polar surface area (TPSA) is 75.6 Å². The van der Waals surface area contributed by atoms with Crippen LogP contribution in [0.25, 0.3) is 0 Å². The standard InChI is InChI=1S/C15H20ClNO4/c1-4-7-15(2,14(19)20)17-13(18)8-10-5-6-11(21-3)9-12(10)16/h5-6,9H,4,7-8H2,1-3H3,(H,17,18)(H,19,20). The molecule has 2 N–H and O–H groups in total. The van der Waals surface area contributed by atoms with E-state index in [0.717, 1.165) is 0 Å². The predicted octanol–water partition coefficient (Wildman–Crippen LogP) is 2.65. The quantitative estimate of drug-likeness (QED) is 0.811. The van der Waals surface area contributed by atoms with Gasteiger partial charge in [0.1, 0.15) is 11.3 Å². The van der Waals surface area contributed by atoms with Crippen LogP contribution in [0.5, 0.6) is 5.75 Å². The highest BCUT2D eigenvalue weighted by molar-refractivity contribution is 6.31. The van der Waals surface area contributed by atoms with Crippen molar-refractivity contribution in [1.82, 2.24) is 5.32 Å². The van der Waals surface area contributed by atoms with Crippen LogP contribution in [0, 0.1) is 0 Å². The first-order valence-corrected chi connectivity index (χ1v) is 7.07. The molecule has 0 aromatic heterocycles. The number of halogens is 1. The molecule has 0 radical (unpaired) electrons. The number of hydrogen-bond acceptors (Lipinski definition) is 3. The number of methoxy groups -OCH3 is 1. The maximum atomic E-state index is 12.0. The number of nitrogens with one attached hydrogen (secondary N) is 1. The minimum atomic E-state index is -1.26. The third-order valence-corrected chi connectivity index (χ3v) is 3.60. The Balaban J connectivity index is 2.79. The van der Waals surface area contributed by atoms with Gasteiger partial charge in [0.05, 0.1) is 13.5 Å². The molecular weight excluding hydrogens is 294 g/mol. The van der Waals surface area contributed by atoms with Crippen LogP contribution in [0.1, 0.15) is 32.3 Å². The number of ether oxygens (including phenoxy) is 1. The van der Waals surface area contributed by atoms with Crippen molar-refractivity contribution in [2.75, 3.05) is 7.11 Å². The maximum Gasteiger partial charge on any atom is 0.329 e. The molecule has 1 atom stereocenters. The van der Waals surface area contributed by atoms with Gasteiger partial charge in [-0.2, -0.15) is 0 Å². The van der Waals surface area contributed by atoms with Gasteiger partial charge in [-0.3, -0.25) is 4.79 Å². The Hall–Kier alpha value is -1.75. The average Bonchev–Trinajstić information content (AvgIpc) is 2.41. The van der Waals surface area contributed by atoms with Crippen molar-refractivity contribution in [3.05, 3.63) is 28.8 Å². The molecule has 6 heteroatoms. The van der Waals surface area contributed by atoms with E-state index in [1.54, 1.807) is 18.2 Å². The van der Waals surface area contributed by atoms with Crippen molar-refractivity contribution in [1.29, 1.82) is 0 Å². The number of hydrogen-bond donors (Lipinski definition) is 2. The smallest absolute Gasteiger partial charge is 0.329 e. The van der Waals surface area contributed by atoms with Gasteiger partial charge >= 0.3 is 5.97 Å². The van der Waals surface area contributed by atoms with Crippen LogP contribution >= 0.6 is 11.6 Å². The van der Waals surface area contributed by atoms with E-state index in [9.17, 15) is 14.7 Å². The van der Waals surface area contributed by atoms with Crippen LogP contribution < -0.4 is 10.1 Å². The second-order valence-corrected chi connectivity index (χ2v) is 5.48. The number of carbonyl (C=O) groups is 2. The molecule has 0 saturated carbocycles. The first-order chi connectivity index (χ1) is 9.82. The third-order valence-electron chi connectivity index (χ3n) is 3.25. The fourth-order valence-electron chi connectivity index (χ4n) is 2.05. The fourth-order valence-corrected chi connectivity index (χ4v) is 2.28. The Labute approximate surface area is 129 Å². The molecule has 116 valence electrons. The van der Waals surface area contributed by atoms with Crippen molar-refractivity contribution >= 4 is 23.5 Å². The molecule has 1 aromatic rings. The van der Waals surface area contributed by atoms with Crippen LogP contribution in [0.2, 0.25) is 5.02 Å². The molecule has 1 rings (SSSR count). The second kappa shape index (κ2) is 7.31. The number of aliphatic carboxylic acids is 1. The second-order valence-electron chi connectivity index (χ2n) is 5.07. The number of carboxylic acids is 1. The number of carbonyl (C=O) groups excluding carboxylic acids is 1. The molecular formula is C15H20ClNO4. The summed E-state index contributed by atoms with van der Waals surface area (Å²) in [6, 6.07) is 5.02. The average molecular weight is 314 g/mol. The van der Waals surface area contributed by atoms with Crippen molar-refractivity contribution in [3.8, 4) is 5.75 Å². The molecule has 5 nitrogen and oxygen atoms in total. The highest BCUT2D eigenvalue weighted by Crippen LogP contribution is 2.23. The maximum absolute atomic E-state index is 12.0. The first kappa shape index (κ1) is 17.3. The third kappa shape index (κ3) is 4.63. The van der Waals surface area contributed by atoms with Gasteiger partial charge in [0.25, 0.3) is 0 Å². The fraction of sp³-hybridized carbons (Fsp3) is 0.467. The molecule has 0 heterocycles. The summed E-state index contributed by atoms with van der Waals surface area (Å²) in [5.41, 5.74) is -0.635. The van der Waals surface area contributed by atoms with Gasteiger partial charge in [0.15, 0.2) is 0 Å². The first-order valence-electron chi connectivity index (χ1n) is 6.69. The summed E-state index contributed by atoms with van der Waals surface area (Å²) < 4.78 is 5.04. The van der Waals surface area contributed by atoms with Crippen molar-refractivity contribution < 1.29 is 19.4 Å². The molecule has 0 saturated heterocycles. The number of carboxylic acid groups (broad SMARTS) is 1. The molecule has 0 spiro atoms. The van der Waals surface area contributed by atoms with Gasteiger partial charge in [0.2, 0.25) is 5.91 Å². The lowest BCUT2D eigenvalue weighted by Crippen LogP contribution is -2.52. The molecule has 1 amide bonds. The van der Waals surface area contributed by atoms with Gasteiger partial charge in [-0.1, -0.05) is 31.0 Å². The molecule has 1 aromatic carbocycles. The lowest BCUT2D eigenvalue weighted by Gasteiger charge is -2.25. The summed E-state index contributed by atoms with van der Waals surface area (Å²) in [6.07, 6.45) is 1.05. The largest absolute Gasteiger partial charge is 0.497 e. The van der Waals surface area contributed by atoms with Gasteiger partial charge in [-0.05, 0) is 31.0 Å². The molecule has 0 fully saturated rings. The SMILES string of the molecule is CCCC(C)(NC(=O)Cc1ccc(OC)cc1Cl)C(=O)O. The lowest BCUT2D eigenvalue weighted by molar-refractivity contribution is -0.147. The van der Waals surface area contributed by atoms with E-state index < -0.39 is 11.5 Å². The van der Waals surface area contributed by atoms with E-state index in [2.05, 4.69) is 5.32 Å². The Bertz CT molecular complexity index is 532. The Kier molecular flexibility index (Phi) is 6.03. The highest BCUT2D eigenvalue weighted by atomic mass is 35.5. The summed E-state index contributed by atoms with van der Waals surface area (Å²) in [7, 11) is 1.53.